The van der Waals surface area contributed by atoms with Gasteiger partial charge in [-0.1, -0.05) is 0 Å². The first-order chi connectivity index (χ1) is 15.5. The summed E-state index contributed by atoms with van der Waals surface area (Å²) in [5, 5.41) is 9.30. The molecule has 0 radical (unpaired) electrons. The number of nitrogens with zero attached hydrogens (tertiary/aromatic N) is 3. The van der Waals surface area contributed by atoms with E-state index >= 15 is 0 Å². The average Bonchev–Trinajstić information content (AvgIpc) is 3.13. The van der Waals surface area contributed by atoms with Gasteiger partial charge in [-0.3, -0.25) is 9.78 Å². The highest BCUT2D eigenvalue weighted by atomic mass is 16.4. The van der Waals surface area contributed by atoms with Gasteiger partial charge in [-0.25, -0.2) is 14.8 Å². The van der Waals surface area contributed by atoms with Gasteiger partial charge in [0, 0.05) is 23.5 Å². The molecule has 1 aliphatic rings. The molecule has 10 nitrogen and oxygen atoms in total. The Morgan fingerprint density at radius 3 is 2.69 bits per heavy atom. The number of rotatable bonds is 6. The predicted octanol–water partition coefficient (Wildman–Crippen LogP) is 3.38. The predicted molar refractivity (Wildman–Crippen MR) is 120 cm³/mol. The van der Waals surface area contributed by atoms with Crippen molar-refractivity contribution in [1.29, 1.82) is 0 Å². The lowest BCUT2D eigenvalue weighted by Gasteiger charge is -2.26. The van der Waals surface area contributed by atoms with Gasteiger partial charge in [-0.2, -0.15) is 4.98 Å². The van der Waals surface area contributed by atoms with Gasteiger partial charge in [-0.05, 0) is 56.5 Å². The highest BCUT2D eigenvalue weighted by Gasteiger charge is 2.20. The SMILES string of the molecule is Cc1cnc(Nc2ccc(C(=O)NC3CCC3)nc2)nc1Nc1ccc2oc(=O)[nH]c2c1. The van der Waals surface area contributed by atoms with E-state index in [1.54, 1.807) is 42.7 Å². The Morgan fingerprint density at radius 2 is 1.94 bits per heavy atom. The number of hydrogen-bond donors (Lipinski definition) is 4. The van der Waals surface area contributed by atoms with Crippen molar-refractivity contribution in [2.24, 2.45) is 0 Å². The Labute approximate surface area is 182 Å². The first-order valence-corrected chi connectivity index (χ1v) is 10.3. The largest absolute Gasteiger partial charge is 0.417 e. The highest BCUT2D eigenvalue weighted by Crippen LogP contribution is 2.23. The maximum absolute atomic E-state index is 12.2. The number of aromatic nitrogens is 4. The van der Waals surface area contributed by atoms with Crippen LogP contribution < -0.4 is 21.7 Å². The van der Waals surface area contributed by atoms with Crippen LogP contribution in [-0.4, -0.2) is 31.9 Å². The van der Waals surface area contributed by atoms with Crippen LogP contribution in [0, 0.1) is 6.92 Å². The second-order valence-corrected chi connectivity index (χ2v) is 7.73. The van der Waals surface area contributed by atoms with Crippen LogP contribution in [0.15, 0.2) is 51.9 Å². The molecule has 0 unspecified atom stereocenters. The molecule has 3 heterocycles. The Hall–Kier alpha value is -4.21. The van der Waals surface area contributed by atoms with Crippen LogP contribution in [0.4, 0.5) is 23.1 Å². The van der Waals surface area contributed by atoms with E-state index in [2.05, 4.69) is 35.9 Å². The fourth-order valence-corrected chi connectivity index (χ4v) is 3.34. The van der Waals surface area contributed by atoms with Crippen LogP contribution in [0.2, 0.25) is 0 Å². The minimum atomic E-state index is -0.498. The van der Waals surface area contributed by atoms with Crippen molar-refractivity contribution >= 4 is 40.1 Å². The molecule has 1 fully saturated rings. The number of aryl methyl sites for hydroxylation is 1. The van der Waals surface area contributed by atoms with Gasteiger partial charge in [0.1, 0.15) is 11.5 Å². The summed E-state index contributed by atoms with van der Waals surface area (Å²) in [4.78, 5) is 39.3. The zero-order chi connectivity index (χ0) is 22.1. The van der Waals surface area contributed by atoms with Crippen molar-refractivity contribution in [1.82, 2.24) is 25.3 Å². The molecule has 0 atom stereocenters. The fraction of sp³-hybridized carbons (Fsp3) is 0.227. The number of carbonyl (C=O) groups is 1. The molecule has 32 heavy (non-hydrogen) atoms. The standard InChI is InChI=1S/C22H21N7O3/c1-12-10-24-21(27-15-5-7-16(23-11-15)20(30)26-13-3-2-4-13)29-19(12)25-14-6-8-18-17(9-14)28-22(31)32-18/h5-11,13H,2-4H2,1H3,(H,26,30)(H,28,31)(H2,24,25,27,29). The number of H-pyrrole nitrogens is 1. The van der Waals surface area contributed by atoms with E-state index in [-0.39, 0.29) is 11.9 Å². The number of pyridine rings is 1. The molecule has 0 bridgehead atoms. The van der Waals surface area contributed by atoms with Crippen LogP contribution in [0.25, 0.3) is 11.1 Å². The molecule has 10 heteroatoms. The molecular weight excluding hydrogens is 410 g/mol. The molecule has 1 aromatic carbocycles. The zero-order valence-corrected chi connectivity index (χ0v) is 17.3. The summed E-state index contributed by atoms with van der Waals surface area (Å²) in [6.45, 7) is 1.89. The molecule has 1 amide bonds. The zero-order valence-electron chi connectivity index (χ0n) is 17.3. The van der Waals surface area contributed by atoms with Gasteiger partial charge in [0.15, 0.2) is 5.58 Å². The van der Waals surface area contributed by atoms with Crippen molar-refractivity contribution in [3.8, 4) is 0 Å². The summed E-state index contributed by atoms with van der Waals surface area (Å²) in [7, 11) is 0. The molecule has 3 aromatic heterocycles. The molecule has 1 aliphatic carbocycles. The number of fused-ring (bicyclic) bond motifs is 1. The molecule has 5 rings (SSSR count). The number of benzene rings is 1. The van der Waals surface area contributed by atoms with E-state index in [1.807, 2.05) is 6.92 Å². The summed E-state index contributed by atoms with van der Waals surface area (Å²) in [5.41, 5.74) is 3.71. The van der Waals surface area contributed by atoms with E-state index in [0.29, 0.717) is 34.2 Å². The highest BCUT2D eigenvalue weighted by molar-refractivity contribution is 5.92. The van der Waals surface area contributed by atoms with Crippen molar-refractivity contribution in [2.75, 3.05) is 10.6 Å². The Bertz CT molecular complexity index is 1340. The summed E-state index contributed by atoms with van der Waals surface area (Å²) >= 11 is 0. The number of amides is 1. The smallest absolute Gasteiger partial charge is 0.408 e. The minimum Gasteiger partial charge on any atom is -0.408 e. The molecule has 0 saturated heterocycles. The first-order valence-electron chi connectivity index (χ1n) is 10.3. The maximum Gasteiger partial charge on any atom is 0.417 e. The lowest BCUT2D eigenvalue weighted by Crippen LogP contribution is -2.39. The van der Waals surface area contributed by atoms with Crippen molar-refractivity contribution in [2.45, 2.75) is 32.2 Å². The lowest BCUT2D eigenvalue weighted by molar-refractivity contribution is 0.0912. The van der Waals surface area contributed by atoms with Gasteiger partial charge in [0.25, 0.3) is 5.91 Å². The third kappa shape index (κ3) is 4.15. The number of oxazole rings is 1. The number of nitrogens with one attached hydrogen (secondary N) is 4. The average molecular weight is 431 g/mol. The van der Waals surface area contributed by atoms with E-state index in [4.69, 9.17) is 4.42 Å². The molecule has 4 N–H and O–H groups in total. The number of hydrogen-bond acceptors (Lipinski definition) is 8. The topological polar surface area (TPSA) is 138 Å². The number of anilines is 4. The lowest BCUT2D eigenvalue weighted by atomic mass is 9.93. The van der Waals surface area contributed by atoms with E-state index in [1.165, 1.54) is 0 Å². The normalized spacial score (nSPS) is 13.5. The van der Waals surface area contributed by atoms with Crippen LogP contribution in [-0.2, 0) is 0 Å². The minimum absolute atomic E-state index is 0.157. The number of aromatic amines is 1. The van der Waals surface area contributed by atoms with Crippen molar-refractivity contribution in [3.63, 3.8) is 0 Å². The Kier molecular flexibility index (Phi) is 5.02. The van der Waals surface area contributed by atoms with Gasteiger partial charge in [0.05, 0.1) is 17.4 Å². The van der Waals surface area contributed by atoms with Gasteiger partial charge in [-0.15, -0.1) is 0 Å². The van der Waals surface area contributed by atoms with E-state index in [0.717, 1.165) is 30.5 Å². The maximum atomic E-state index is 12.2. The summed E-state index contributed by atoms with van der Waals surface area (Å²) < 4.78 is 5.03. The van der Waals surface area contributed by atoms with Gasteiger partial charge < -0.3 is 20.4 Å². The van der Waals surface area contributed by atoms with Gasteiger partial charge >= 0.3 is 5.76 Å². The van der Waals surface area contributed by atoms with Crippen molar-refractivity contribution in [3.05, 3.63) is 64.5 Å². The molecule has 0 spiro atoms. The second-order valence-electron chi connectivity index (χ2n) is 7.73. The summed E-state index contributed by atoms with van der Waals surface area (Å²) in [6.07, 6.45) is 6.49. The van der Waals surface area contributed by atoms with Crippen LogP contribution in [0.5, 0.6) is 0 Å². The van der Waals surface area contributed by atoms with Gasteiger partial charge in [0.2, 0.25) is 5.95 Å². The van der Waals surface area contributed by atoms with Crippen molar-refractivity contribution < 1.29 is 9.21 Å². The summed E-state index contributed by atoms with van der Waals surface area (Å²) in [5.74, 6) is 0.332. The third-order valence-electron chi connectivity index (χ3n) is 5.35. The van der Waals surface area contributed by atoms with Crippen LogP contribution in [0.3, 0.4) is 0 Å². The molecule has 1 saturated carbocycles. The monoisotopic (exact) mass is 431 g/mol. The van der Waals surface area contributed by atoms with Crippen LogP contribution in [0.1, 0.15) is 35.3 Å². The molecule has 4 aromatic rings. The Morgan fingerprint density at radius 1 is 1.09 bits per heavy atom. The molecule has 162 valence electrons. The van der Waals surface area contributed by atoms with E-state index in [9.17, 15) is 9.59 Å². The number of carbonyl (C=O) groups excluding carboxylic acids is 1. The second kappa shape index (κ2) is 8.14. The summed E-state index contributed by atoms with van der Waals surface area (Å²) in [6, 6.07) is 8.98. The molecular formula is C22H21N7O3. The third-order valence-corrected chi connectivity index (χ3v) is 5.35. The molecule has 0 aliphatic heterocycles. The quantitative estimate of drug-likeness (QED) is 0.364. The van der Waals surface area contributed by atoms with E-state index < -0.39 is 5.76 Å². The Balaban J connectivity index is 1.29. The van der Waals surface area contributed by atoms with Crippen LogP contribution >= 0.6 is 0 Å². The first kappa shape index (κ1) is 19.7. The fourth-order valence-electron chi connectivity index (χ4n) is 3.34.